The Morgan fingerprint density at radius 2 is 2.00 bits per heavy atom. The summed E-state index contributed by atoms with van der Waals surface area (Å²) in [7, 11) is 0. The molecule has 0 heterocycles. The van der Waals surface area contributed by atoms with Gasteiger partial charge in [0.05, 0.1) is 10.0 Å². The predicted octanol–water partition coefficient (Wildman–Crippen LogP) is 3.84. The highest BCUT2D eigenvalue weighted by Gasteiger charge is 2.27. The summed E-state index contributed by atoms with van der Waals surface area (Å²) in [5.74, 6) is 1.19. The van der Waals surface area contributed by atoms with Crippen LogP contribution in [-0.2, 0) is 0 Å². The largest absolute Gasteiger partial charge is 0.330 e. The minimum absolute atomic E-state index is 0.574. The van der Waals surface area contributed by atoms with Gasteiger partial charge in [-0.25, -0.2) is 0 Å². The van der Waals surface area contributed by atoms with Crippen LogP contribution < -0.4 is 5.73 Å². The Morgan fingerprint density at radius 1 is 1.20 bits per heavy atom. The van der Waals surface area contributed by atoms with E-state index in [2.05, 4.69) is 6.07 Å². The molecule has 0 amide bonds. The van der Waals surface area contributed by atoms with Gasteiger partial charge < -0.3 is 5.73 Å². The summed E-state index contributed by atoms with van der Waals surface area (Å²) in [5.41, 5.74) is 7.06. The fourth-order valence-electron chi connectivity index (χ4n) is 2.50. The molecule has 0 spiro atoms. The third kappa shape index (κ3) is 2.30. The maximum absolute atomic E-state index is 6.02. The second-order valence-corrected chi connectivity index (χ2v) is 5.02. The number of hydrogen-bond donors (Lipinski definition) is 1. The van der Waals surface area contributed by atoms with E-state index in [1.54, 1.807) is 0 Å². The Morgan fingerprint density at radius 3 is 2.67 bits per heavy atom. The molecule has 2 unspecified atom stereocenters. The van der Waals surface area contributed by atoms with Crippen LogP contribution in [0.25, 0.3) is 0 Å². The lowest BCUT2D eigenvalue weighted by Gasteiger charge is -2.18. The highest BCUT2D eigenvalue weighted by atomic mass is 35.5. The lowest BCUT2D eigenvalue weighted by Crippen LogP contribution is -2.17. The zero-order chi connectivity index (χ0) is 10.8. The van der Waals surface area contributed by atoms with E-state index >= 15 is 0 Å². The zero-order valence-corrected chi connectivity index (χ0v) is 10.1. The van der Waals surface area contributed by atoms with E-state index < -0.39 is 0 Å². The summed E-state index contributed by atoms with van der Waals surface area (Å²) in [5, 5.41) is 1.28. The fraction of sp³-hybridized carbons (Fsp3) is 0.500. The first kappa shape index (κ1) is 11.3. The van der Waals surface area contributed by atoms with Crippen LogP contribution in [0.2, 0.25) is 10.0 Å². The SMILES string of the molecule is NCC1CCCC1c1ccc(Cl)c(Cl)c1. The molecule has 1 aromatic rings. The molecule has 1 aliphatic rings. The topological polar surface area (TPSA) is 26.0 Å². The second-order valence-electron chi connectivity index (χ2n) is 4.21. The minimum atomic E-state index is 0.574. The van der Waals surface area contributed by atoms with Gasteiger partial charge in [-0.05, 0) is 48.9 Å². The molecule has 0 aromatic heterocycles. The average Bonchev–Trinajstić information content (AvgIpc) is 2.70. The molecule has 0 saturated heterocycles. The van der Waals surface area contributed by atoms with E-state index in [0.717, 1.165) is 6.54 Å². The standard InChI is InChI=1S/C12H15Cl2N/c13-11-5-4-8(6-12(11)14)10-3-1-2-9(10)7-15/h4-6,9-10H,1-3,7,15H2. The molecule has 1 fully saturated rings. The molecule has 1 aliphatic carbocycles. The van der Waals surface area contributed by atoms with Crippen molar-refractivity contribution in [1.82, 2.24) is 0 Å². The van der Waals surface area contributed by atoms with Gasteiger partial charge in [0.25, 0.3) is 0 Å². The van der Waals surface area contributed by atoms with Crippen LogP contribution in [0.3, 0.4) is 0 Å². The Labute approximate surface area is 101 Å². The van der Waals surface area contributed by atoms with Crippen LogP contribution in [0, 0.1) is 5.92 Å². The molecule has 2 atom stereocenters. The van der Waals surface area contributed by atoms with Gasteiger partial charge in [-0.3, -0.25) is 0 Å². The van der Waals surface area contributed by atoms with Crippen molar-refractivity contribution in [2.45, 2.75) is 25.2 Å². The average molecular weight is 244 g/mol. The highest BCUT2D eigenvalue weighted by molar-refractivity contribution is 6.42. The summed E-state index contributed by atoms with van der Waals surface area (Å²) in [6.07, 6.45) is 3.73. The molecule has 82 valence electrons. The van der Waals surface area contributed by atoms with E-state index in [-0.39, 0.29) is 0 Å². The van der Waals surface area contributed by atoms with Crippen molar-refractivity contribution < 1.29 is 0 Å². The van der Waals surface area contributed by atoms with Crippen molar-refractivity contribution in [2.24, 2.45) is 11.7 Å². The van der Waals surface area contributed by atoms with Gasteiger partial charge in [0.2, 0.25) is 0 Å². The fourth-order valence-corrected chi connectivity index (χ4v) is 2.81. The van der Waals surface area contributed by atoms with Gasteiger partial charge in [0.15, 0.2) is 0 Å². The molecule has 15 heavy (non-hydrogen) atoms. The van der Waals surface area contributed by atoms with Gasteiger partial charge in [-0.2, -0.15) is 0 Å². The predicted molar refractivity (Wildman–Crippen MR) is 65.6 cm³/mol. The Balaban J connectivity index is 2.25. The van der Waals surface area contributed by atoms with E-state index in [1.807, 2.05) is 12.1 Å². The van der Waals surface area contributed by atoms with Crippen LogP contribution >= 0.6 is 23.2 Å². The molecule has 1 nitrogen and oxygen atoms in total. The molecule has 2 N–H and O–H groups in total. The van der Waals surface area contributed by atoms with E-state index in [9.17, 15) is 0 Å². The van der Waals surface area contributed by atoms with Crippen LogP contribution in [0.4, 0.5) is 0 Å². The molecule has 2 rings (SSSR count). The maximum Gasteiger partial charge on any atom is 0.0595 e. The zero-order valence-electron chi connectivity index (χ0n) is 8.55. The Bertz CT molecular complexity index is 351. The quantitative estimate of drug-likeness (QED) is 0.840. The van der Waals surface area contributed by atoms with E-state index in [4.69, 9.17) is 28.9 Å². The molecule has 1 aromatic carbocycles. The van der Waals surface area contributed by atoms with Crippen molar-refractivity contribution in [3.05, 3.63) is 33.8 Å². The van der Waals surface area contributed by atoms with Crippen molar-refractivity contribution >= 4 is 23.2 Å². The second kappa shape index (κ2) is 4.73. The highest BCUT2D eigenvalue weighted by Crippen LogP contribution is 2.40. The number of rotatable bonds is 2. The lowest BCUT2D eigenvalue weighted by atomic mass is 9.89. The van der Waals surface area contributed by atoms with Crippen LogP contribution in [-0.4, -0.2) is 6.54 Å². The molecule has 1 saturated carbocycles. The Kier molecular flexibility index (Phi) is 3.55. The summed E-state index contributed by atoms with van der Waals surface area (Å²) in [4.78, 5) is 0. The summed E-state index contributed by atoms with van der Waals surface area (Å²) in [6, 6.07) is 5.94. The van der Waals surface area contributed by atoms with Crippen molar-refractivity contribution in [3.8, 4) is 0 Å². The third-order valence-corrected chi connectivity index (χ3v) is 4.07. The number of hydrogen-bond acceptors (Lipinski definition) is 1. The van der Waals surface area contributed by atoms with Gasteiger partial charge in [-0.1, -0.05) is 35.7 Å². The summed E-state index contributed by atoms with van der Waals surface area (Å²) < 4.78 is 0. The monoisotopic (exact) mass is 243 g/mol. The molecular weight excluding hydrogens is 229 g/mol. The summed E-state index contributed by atoms with van der Waals surface area (Å²) >= 11 is 11.9. The number of benzene rings is 1. The molecular formula is C12H15Cl2N. The van der Waals surface area contributed by atoms with Crippen molar-refractivity contribution in [2.75, 3.05) is 6.54 Å². The van der Waals surface area contributed by atoms with Gasteiger partial charge >= 0.3 is 0 Å². The smallest absolute Gasteiger partial charge is 0.0595 e. The first-order valence-electron chi connectivity index (χ1n) is 5.37. The van der Waals surface area contributed by atoms with E-state index in [0.29, 0.717) is 21.9 Å². The normalized spacial score (nSPS) is 25.8. The molecule has 3 heteroatoms. The van der Waals surface area contributed by atoms with Gasteiger partial charge in [0, 0.05) is 0 Å². The van der Waals surface area contributed by atoms with Crippen molar-refractivity contribution in [3.63, 3.8) is 0 Å². The molecule has 0 aliphatic heterocycles. The first-order chi connectivity index (χ1) is 7.22. The number of halogens is 2. The Hall–Kier alpha value is -0.240. The third-order valence-electron chi connectivity index (χ3n) is 3.33. The van der Waals surface area contributed by atoms with Crippen molar-refractivity contribution in [1.29, 1.82) is 0 Å². The minimum Gasteiger partial charge on any atom is -0.330 e. The first-order valence-corrected chi connectivity index (χ1v) is 6.13. The van der Waals surface area contributed by atoms with Crippen LogP contribution in [0.1, 0.15) is 30.7 Å². The van der Waals surface area contributed by atoms with Crippen LogP contribution in [0.15, 0.2) is 18.2 Å². The lowest BCUT2D eigenvalue weighted by molar-refractivity contribution is 0.496. The van der Waals surface area contributed by atoms with E-state index in [1.165, 1.54) is 24.8 Å². The molecule has 0 bridgehead atoms. The van der Waals surface area contributed by atoms with Gasteiger partial charge in [-0.15, -0.1) is 0 Å². The van der Waals surface area contributed by atoms with Crippen LogP contribution in [0.5, 0.6) is 0 Å². The molecule has 0 radical (unpaired) electrons. The summed E-state index contributed by atoms with van der Waals surface area (Å²) in [6.45, 7) is 0.769. The van der Waals surface area contributed by atoms with Gasteiger partial charge in [0.1, 0.15) is 0 Å². The number of nitrogens with two attached hydrogens (primary N) is 1. The maximum atomic E-state index is 6.02.